The van der Waals surface area contributed by atoms with Crippen LogP contribution in [0.15, 0.2) is 24.3 Å². The predicted octanol–water partition coefficient (Wildman–Crippen LogP) is 4.82. The van der Waals surface area contributed by atoms with E-state index in [0.717, 1.165) is 12.8 Å². The van der Waals surface area contributed by atoms with Crippen LogP contribution in [-0.2, 0) is 0 Å². The zero-order chi connectivity index (χ0) is 20.5. The van der Waals surface area contributed by atoms with Crippen LogP contribution < -0.4 is 5.32 Å². The number of hydrogen-bond acceptors (Lipinski definition) is 3. The molecule has 5 heteroatoms. The molecule has 0 aliphatic carbocycles. The number of carboxylic acids is 1. The van der Waals surface area contributed by atoms with Gasteiger partial charge in [0, 0.05) is 6.54 Å². The number of rotatable bonds is 12. The lowest BCUT2D eigenvalue weighted by molar-refractivity contribution is 0.0691. The van der Waals surface area contributed by atoms with Gasteiger partial charge in [0.05, 0.1) is 11.1 Å². The average Bonchev–Trinajstić information content (AvgIpc) is 2.69. The van der Waals surface area contributed by atoms with Crippen LogP contribution in [0.25, 0.3) is 0 Å². The fourth-order valence-electron chi connectivity index (χ4n) is 2.74. The summed E-state index contributed by atoms with van der Waals surface area (Å²) in [4.78, 5) is 25.3. The summed E-state index contributed by atoms with van der Waals surface area (Å²) in [6.45, 7) is 12.9. The Balaban J connectivity index is 0.000000821. The highest BCUT2D eigenvalue weighted by atomic mass is 16.4. The van der Waals surface area contributed by atoms with Crippen molar-refractivity contribution in [3.8, 4) is 0 Å². The Morgan fingerprint density at radius 3 is 1.85 bits per heavy atom. The van der Waals surface area contributed by atoms with Gasteiger partial charge < -0.3 is 15.3 Å². The maximum atomic E-state index is 11.9. The molecule has 0 aromatic heterocycles. The molecule has 0 radical (unpaired) electrons. The monoisotopic (exact) mass is 378 g/mol. The lowest BCUT2D eigenvalue weighted by atomic mass is 10.1. The number of benzene rings is 1. The van der Waals surface area contributed by atoms with Crippen molar-refractivity contribution >= 4 is 11.9 Å². The van der Waals surface area contributed by atoms with Crippen molar-refractivity contribution in [1.29, 1.82) is 0 Å². The van der Waals surface area contributed by atoms with E-state index in [4.69, 9.17) is 5.11 Å². The largest absolute Gasteiger partial charge is 0.478 e. The van der Waals surface area contributed by atoms with E-state index in [1.54, 1.807) is 18.2 Å². The number of carbonyl (C=O) groups is 2. The Kier molecular flexibility index (Phi) is 15.2. The first-order valence-electron chi connectivity index (χ1n) is 10.3. The molecular weight excluding hydrogens is 340 g/mol. The van der Waals surface area contributed by atoms with Gasteiger partial charge in [-0.25, -0.2) is 4.79 Å². The zero-order valence-corrected chi connectivity index (χ0v) is 17.6. The Morgan fingerprint density at radius 1 is 0.852 bits per heavy atom. The predicted molar refractivity (Wildman–Crippen MR) is 113 cm³/mol. The molecule has 154 valence electrons. The summed E-state index contributed by atoms with van der Waals surface area (Å²) in [6, 6.07) is 6.28. The van der Waals surface area contributed by atoms with Gasteiger partial charge in [-0.2, -0.15) is 0 Å². The second-order valence-electron chi connectivity index (χ2n) is 6.49. The van der Waals surface area contributed by atoms with Crippen molar-refractivity contribution in [1.82, 2.24) is 10.2 Å². The van der Waals surface area contributed by atoms with Gasteiger partial charge in [0.2, 0.25) is 0 Å². The molecule has 1 aromatic carbocycles. The van der Waals surface area contributed by atoms with Crippen LogP contribution in [0.4, 0.5) is 0 Å². The van der Waals surface area contributed by atoms with Crippen molar-refractivity contribution < 1.29 is 14.7 Å². The van der Waals surface area contributed by atoms with E-state index in [2.05, 4.69) is 37.9 Å². The van der Waals surface area contributed by atoms with Crippen molar-refractivity contribution in [2.45, 2.75) is 66.2 Å². The second kappa shape index (κ2) is 16.3. The Morgan fingerprint density at radius 2 is 1.37 bits per heavy atom. The molecule has 0 fully saturated rings. The first-order chi connectivity index (χ1) is 13.0. The Hall–Kier alpha value is -1.88. The van der Waals surface area contributed by atoms with Crippen molar-refractivity contribution in [3.05, 3.63) is 35.4 Å². The maximum absolute atomic E-state index is 11.9. The summed E-state index contributed by atoms with van der Waals surface area (Å²) in [7, 11) is 0. The van der Waals surface area contributed by atoms with Crippen LogP contribution >= 0.6 is 0 Å². The van der Waals surface area contributed by atoms with Gasteiger partial charge in [-0.1, -0.05) is 71.9 Å². The van der Waals surface area contributed by atoms with E-state index in [1.807, 2.05) is 0 Å². The molecule has 0 saturated carbocycles. The second-order valence-corrected chi connectivity index (χ2v) is 6.49. The number of nitrogens with one attached hydrogen (secondary N) is 1. The summed E-state index contributed by atoms with van der Waals surface area (Å²) in [5.41, 5.74) is 0.277. The van der Waals surface area contributed by atoms with Crippen molar-refractivity contribution in [2.24, 2.45) is 0 Å². The fraction of sp³-hybridized carbons (Fsp3) is 0.636. The van der Waals surface area contributed by atoms with Gasteiger partial charge in [-0.15, -0.1) is 0 Å². The number of carbonyl (C=O) groups excluding carboxylic acids is 1. The quantitative estimate of drug-likeness (QED) is 0.511. The lowest BCUT2D eigenvalue weighted by Crippen LogP contribution is -2.26. The topological polar surface area (TPSA) is 69.6 Å². The van der Waals surface area contributed by atoms with E-state index < -0.39 is 5.97 Å². The van der Waals surface area contributed by atoms with Crippen LogP contribution in [-0.4, -0.2) is 48.1 Å². The minimum atomic E-state index is -1.07. The molecule has 27 heavy (non-hydrogen) atoms. The molecule has 0 spiro atoms. The minimum absolute atomic E-state index is 0.0490. The standard InChI is InChI=1S/C16H23NO3.C6H15N/c1-2-3-4-5-6-9-12-17-15(18)13-10-7-8-11-14(13)16(19)20;1-4-7(5-2)6-3/h7-8,10-11H,2-6,9,12H2,1H3,(H,17,18)(H,19,20);4-6H2,1-3H3. The van der Waals surface area contributed by atoms with Gasteiger partial charge in [0.1, 0.15) is 0 Å². The SMILES string of the molecule is CCCCCCCCNC(=O)c1ccccc1C(=O)O.CCN(CC)CC. The first-order valence-corrected chi connectivity index (χ1v) is 10.3. The summed E-state index contributed by atoms with van der Waals surface area (Å²) in [6.07, 6.45) is 6.95. The summed E-state index contributed by atoms with van der Waals surface area (Å²) >= 11 is 0. The first kappa shape index (κ1) is 25.1. The number of nitrogens with zero attached hydrogens (tertiary/aromatic N) is 1. The Labute approximate surface area is 165 Å². The van der Waals surface area contributed by atoms with Gasteiger partial charge >= 0.3 is 5.97 Å². The van der Waals surface area contributed by atoms with Crippen LogP contribution in [0.3, 0.4) is 0 Å². The van der Waals surface area contributed by atoms with E-state index >= 15 is 0 Å². The highest BCUT2D eigenvalue weighted by Gasteiger charge is 2.14. The highest BCUT2D eigenvalue weighted by Crippen LogP contribution is 2.09. The summed E-state index contributed by atoms with van der Waals surface area (Å²) < 4.78 is 0. The molecular formula is C22H38N2O3. The molecule has 0 aliphatic rings. The van der Waals surface area contributed by atoms with Crippen LogP contribution in [0.5, 0.6) is 0 Å². The van der Waals surface area contributed by atoms with Crippen LogP contribution in [0.1, 0.15) is 86.9 Å². The summed E-state index contributed by atoms with van der Waals surface area (Å²) in [5.74, 6) is -1.38. The smallest absolute Gasteiger partial charge is 0.336 e. The normalized spacial score (nSPS) is 10.3. The van der Waals surface area contributed by atoms with Crippen LogP contribution in [0, 0.1) is 0 Å². The van der Waals surface area contributed by atoms with E-state index in [-0.39, 0.29) is 17.0 Å². The van der Waals surface area contributed by atoms with Gasteiger partial charge in [-0.05, 0) is 38.2 Å². The Bertz CT molecular complexity index is 523. The van der Waals surface area contributed by atoms with Crippen molar-refractivity contribution in [3.63, 3.8) is 0 Å². The van der Waals surface area contributed by atoms with Crippen molar-refractivity contribution in [2.75, 3.05) is 26.2 Å². The highest BCUT2D eigenvalue weighted by molar-refractivity contribution is 6.04. The number of aromatic carboxylic acids is 1. The number of unbranched alkanes of at least 4 members (excludes halogenated alkanes) is 5. The molecule has 2 N–H and O–H groups in total. The molecule has 0 atom stereocenters. The molecule has 0 aliphatic heterocycles. The van der Waals surface area contributed by atoms with Crippen LogP contribution in [0.2, 0.25) is 0 Å². The molecule has 0 unspecified atom stereocenters. The third-order valence-electron chi connectivity index (χ3n) is 4.56. The number of hydrogen-bond donors (Lipinski definition) is 2. The molecule has 1 amide bonds. The third kappa shape index (κ3) is 11.4. The molecule has 0 saturated heterocycles. The van der Waals surface area contributed by atoms with E-state index in [9.17, 15) is 9.59 Å². The van der Waals surface area contributed by atoms with Gasteiger partial charge in [-0.3, -0.25) is 4.79 Å². The van der Waals surface area contributed by atoms with Gasteiger partial charge in [0.15, 0.2) is 0 Å². The third-order valence-corrected chi connectivity index (χ3v) is 4.56. The van der Waals surface area contributed by atoms with Gasteiger partial charge in [0.25, 0.3) is 5.91 Å². The lowest BCUT2D eigenvalue weighted by Gasteiger charge is -2.13. The molecule has 0 bridgehead atoms. The van der Waals surface area contributed by atoms with E-state index in [1.165, 1.54) is 51.4 Å². The molecule has 1 rings (SSSR count). The number of carboxylic acid groups (broad SMARTS) is 1. The fourth-order valence-corrected chi connectivity index (χ4v) is 2.74. The minimum Gasteiger partial charge on any atom is -0.478 e. The maximum Gasteiger partial charge on any atom is 0.336 e. The number of amides is 1. The molecule has 0 heterocycles. The summed E-state index contributed by atoms with van der Waals surface area (Å²) in [5, 5.41) is 11.8. The average molecular weight is 379 g/mol. The zero-order valence-electron chi connectivity index (χ0n) is 17.6. The molecule has 1 aromatic rings. The van der Waals surface area contributed by atoms with E-state index in [0.29, 0.717) is 6.54 Å². The molecule has 5 nitrogen and oxygen atoms in total.